The molecule has 0 spiro atoms. The zero-order valence-corrected chi connectivity index (χ0v) is 13.8. The fraction of sp³-hybridized carbons (Fsp3) is 0.556. The van der Waals surface area contributed by atoms with Crippen molar-refractivity contribution in [2.24, 2.45) is 0 Å². The van der Waals surface area contributed by atoms with Crippen molar-refractivity contribution >= 4 is 11.8 Å². The van der Waals surface area contributed by atoms with Crippen LogP contribution in [0.4, 0.5) is 0 Å². The number of carbonyl (C=O) groups excluding carboxylic acids is 2. The molecule has 1 aromatic rings. The number of rotatable bonds is 3. The molecule has 0 aliphatic carbocycles. The van der Waals surface area contributed by atoms with E-state index in [1.165, 1.54) is 5.56 Å². The summed E-state index contributed by atoms with van der Waals surface area (Å²) in [6.45, 7) is 5.50. The van der Waals surface area contributed by atoms with Gasteiger partial charge in [0.15, 0.2) is 0 Å². The van der Waals surface area contributed by atoms with Crippen molar-refractivity contribution in [3.63, 3.8) is 0 Å². The average molecular weight is 316 g/mol. The van der Waals surface area contributed by atoms with Crippen LogP contribution in [-0.2, 0) is 9.59 Å². The molecule has 1 atom stereocenters. The summed E-state index contributed by atoms with van der Waals surface area (Å²) < 4.78 is 5.87. The van der Waals surface area contributed by atoms with Crippen LogP contribution in [-0.4, -0.2) is 53.4 Å². The topological polar surface area (TPSA) is 49.9 Å². The summed E-state index contributed by atoms with van der Waals surface area (Å²) in [5.41, 5.74) is 1.20. The summed E-state index contributed by atoms with van der Waals surface area (Å²) in [6.07, 6.45) is 2.83. The molecule has 2 heterocycles. The normalized spacial score (nSPS) is 21.7. The molecule has 124 valence electrons. The molecule has 2 amide bonds. The Kier molecular flexibility index (Phi) is 4.55. The molecule has 0 unspecified atom stereocenters. The highest BCUT2D eigenvalue weighted by atomic mass is 16.5. The van der Waals surface area contributed by atoms with Crippen molar-refractivity contribution in [2.75, 3.05) is 19.6 Å². The molecule has 0 radical (unpaired) electrons. The van der Waals surface area contributed by atoms with Crippen LogP contribution < -0.4 is 4.74 Å². The molecule has 3 rings (SSSR count). The van der Waals surface area contributed by atoms with Crippen LogP contribution in [0.1, 0.15) is 31.7 Å². The molecule has 0 bridgehead atoms. The Morgan fingerprint density at radius 1 is 1.13 bits per heavy atom. The third-order valence-electron chi connectivity index (χ3n) is 4.68. The van der Waals surface area contributed by atoms with Crippen LogP contribution >= 0.6 is 0 Å². The van der Waals surface area contributed by atoms with Gasteiger partial charge in [0.05, 0.1) is 13.1 Å². The molecule has 2 aliphatic heterocycles. The third-order valence-corrected chi connectivity index (χ3v) is 4.68. The number of hydrogen-bond acceptors (Lipinski definition) is 3. The molecule has 1 aromatic carbocycles. The second-order valence-corrected chi connectivity index (χ2v) is 6.52. The van der Waals surface area contributed by atoms with Gasteiger partial charge in [-0.05, 0) is 38.3 Å². The Labute approximate surface area is 137 Å². The Hall–Kier alpha value is -2.04. The maximum Gasteiger partial charge on any atom is 0.245 e. The zero-order valence-electron chi connectivity index (χ0n) is 13.8. The van der Waals surface area contributed by atoms with Gasteiger partial charge in [-0.2, -0.15) is 0 Å². The van der Waals surface area contributed by atoms with E-state index < -0.39 is 0 Å². The van der Waals surface area contributed by atoms with E-state index in [0.29, 0.717) is 19.6 Å². The van der Waals surface area contributed by atoms with Gasteiger partial charge >= 0.3 is 0 Å². The highest BCUT2D eigenvalue weighted by Crippen LogP contribution is 2.24. The Morgan fingerprint density at radius 3 is 2.48 bits per heavy atom. The van der Waals surface area contributed by atoms with E-state index in [2.05, 4.69) is 0 Å². The van der Waals surface area contributed by atoms with Crippen LogP contribution in [0.3, 0.4) is 0 Å². The van der Waals surface area contributed by atoms with E-state index in [0.717, 1.165) is 25.0 Å². The molecular weight excluding hydrogens is 292 g/mol. The van der Waals surface area contributed by atoms with E-state index in [4.69, 9.17) is 4.74 Å². The minimum absolute atomic E-state index is 0.00368. The van der Waals surface area contributed by atoms with E-state index in [9.17, 15) is 9.59 Å². The molecule has 2 saturated heterocycles. The lowest BCUT2D eigenvalue weighted by Crippen LogP contribution is -2.62. The number of benzene rings is 1. The Bertz CT molecular complexity index is 578. The number of piperidine rings is 1. The summed E-state index contributed by atoms with van der Waals surface area (Å²) >= 11 is 0. The Balaban J connectivity index is 1.53. The highest BCUT2D eigenvalue weighted by Gasteiger charge is 2.39. The lowest BCUT2D eigenvalue weighted by atomic mass is 9.99. The maximum absolute atomic E-state index is 12.6. The van der Waals surface area contributed by atoms with Crippen molar-refractivity contribution in [1.29, 1.82) is 0 Å². The minimum Gasteiger partial charge on any atom is -0.487 e. The third kappa shape index (κ3) is 3.49. The van der Waals surface area contributed by atoms with Gasteiger partial charge in [-0.3, -0.25) is 9.59 Å². The molecule has 5 nitrogen and oxygen atoms in total. The van der Waals surface area contributed by atoms with Gasteiger partial charge in [0.2, 0.25) is 11.8 Å². The average Bonchev–Trinajstić information content (AvgIpc) is 2.51. The van der Waals surface area contributed by atoms with Gasteiger partial charge < -0.3 is 14.5 Å². The fourth-order valence-electron chi connectivity index (χ4n) is 3.28. The summed E-state index contributed by atoms with van der Waals surface area (Å²) in [5, 5.41) is 0. The van der Waals surface area contributed by atoms with E-state index in [1.807, 2.05) is 36.1 Å². The fourth-order valence-corrected chi connectivity index (χ4v) is 3.28. The molecule has 23 heavy (non-hydrogen) atoms. The van der Waals surface area contributed by atoms with Crippen LogP contribution in [0.2, 0.25) is 0 Å². The number of hydrogen-bond donors (Lipinski definition) is 0. The smallest absolute Gasteiger partial charge is 0.245 e. The lowest BCUT2D eigenvalue weighted by molar-refractivity contribution is -0.152. The molecule has 0 saturated carbocycles. The van der Waals surface area contributed by atoms with Gasteiger partial charge in [-0.25, -0.2) is 0 Å². The Morgan fingerprint density at radius 2 is 1.83 bits per heavy atom. The molecular formula is C18H24N2O3. The molecule has 0 N–H and O–H groups in total. The standard InChI is InChI=1S/C18H24N2O3/c1-13-6-8-15(9-7-13)23-16-11-19(12-16)18(22)17-5-3-4-10-20(17)14(2)21/h6-9,16-17H,3-5,10-12H2,1-2H3/t17-/m1/s1. The van der Waals surface area contributed by atoms with Crippen LogP contribution in [0.5, 0.6) is 5.75 Å². The summed E-state index contributed by atoms with van der Waals surface area (Å²) in [5.74, 6) is 0.912. The van der Waals surface area contributed by atoms with Crippen molar-refractivity contribution < 1.29 is 14.3 Å². The quantitative estimate of drug-likeness (QED) is 0.857. The van der Waals surface area contributed by atoms with Crippen molar-refractivity contribution in [2.45, 2.75) is 45.3 Å². The SMILES string of the molecule is CC(=O)N1CCCC[C@@H]1C(=O)N1CC(Oc2ccc(C)cc2)C1. The monoisotopic (exact) mass is 316 g/mol. The van der Waals surface area contributed by atoms with Crippen LogP contribution in [0.25, 0.3) is 0 Å². The van der Waals surface area contributed by atoms with Gasteiger partial charge in [-0.1, -0.05) is 17.7 Å². The first-order valence-electron chi connectivity index (χ1n) is 8.34. The molecule has 2 aliphatic rings. The van der Waals surface area contributed by atoms with Gasteiger partial charge in [-0.15, -0.1) is 0 Å². The molecule has 5 heteroatoms. The zero-order chi connectivity index (χ0) is 16.4. The second kappa shape index (κ2) is 6.60. The van der Waals surface area contributed by atoms with Gasteiger partial charge in [0, 0.05) is 13.5 Å². The number of aryl methyl sites for hydroxylation is 1. The number of likely N-dealkylation sites (tertiary alicyclic amines) is 2. The predicted octanol–water partition coefficient (Wildman–Crippen LogP) is 1.99. The van der Waals surface area contributed by atoms with Gasteiger partial charge in [0.1, 0.15) is 17.9 Å². The van der Waals surface area contributed by atoms with E-state index in [-0.39, 0.29) is 24.0 Å². The van der Waals surface area contributed by atoms with Gasteiger partial charge in [0.25, 0.3) is 0 Å². The molecule has 2 fully saturated rings. The maximum atomic E-state index is 12.6. The summed E-state index contributed by atoms with van der Waals surface area (Å²) in [6, 6.07) is 7.67. The first kappa shape index (κ1) is 15.8. The number of nitrogens with zero attached hydrogens (tertiary/aromatic N) is 2. The van der Waals surface area contributed by atoms with E-state index in [1.54, 1.807) is 11.8 Å². The van der Waals surface area contributed by atoms with Crippen LogP contribution in [0.15, 0.2) is 24.3 Å². The number of carbonyl (C=O) groups is 2. The number of amides is 2. The van der Waals surface area contributed by atoms with E-state index >= 15 is 0 Å². The minimum atomic E-state index is -0.276. The second-order valence-electron chi connectivity index (χ2n) is 6.52. The predicted molar refractivity (Wildman–Crippen MR) is 87.2 cm³/mol. The summed E-state index contributed by atoms with van der Waals surface area (Å²) in [7, 11) is 0. The first-order valence-corrected chi connectivity index (χ1v) is 8.34. The summed E-state index contributed by atoms with van der Waals surface area (Å²) in [4.78, 5) is 27.9. The highest BCUT2D eigenvalue weighted by molar-refractivity contribution is 5.87. The van der Waals surface area contributed by atoms with Crippen LogP contribution in [0, 0.1) is 6.92 Å². The largest absolute Gasteiger partial charge is 0.487 e. The van der Waals surface area contributed by atoms with Crippen molar-refractivity contribution in [1.82, 2.24) is 9.80 Å². The number of ether oxygens (including phenoxy) is 1. The lowest BCUT2D eigenvalue weighted by Gasteiger charge is -2.43. The van der Waals surface area contributed by atoms with Crippen molar-refractivity contribution in [3.05, 3.63) is 29.8 Å². The van der Waals surface area contributed by atoms with Crippen molar-refractivity contribution in [3.8, 4) is 5.75 Å². The first-order chi connectivity index (χ1) is 11.0. The molecule has 0 aromatic heterocycles.